The molecule has 0 radical (unpaired) electrons. The third-order valence-corrected chi connectivity index (χ3v) is 3.59. The summed E-state index contributed by atoms with van der Waals surface area (Å²) in [5, 5.41) is 6.51. The largest absolute Gasteiger partial charge is 0.451 e. The van der Waals surface area contributed by atoms with Gasteiger partial charge in [0.05, 0.1) is 6.04 Å². The monoisotopic (exact) mass is 331 g/mol. The highest BCUT2D eigenvalue weighted by Crippen LogP contribution is 2.17. The summed E-state index contributed by atoms with van der Waals surface area (Å²) in [6, 6.07) is 9.53. The van der Waals surface area contributed by atoms with Crippen molar-refractivity contribution in [1.82, 2.24) is 10.7 Å². The van der Waals surface area contributed by atoms with Gasteiger partial charge in [-0.3, -0.25) is 9.59 Å². The van der Waals surface area contributed by atoms with Crippen LogP contribution in [0.3, 0.4) is 0 Å². The van der Waals surface area contributed by atoms with Gasteiger partial charge >= 0.3 is 5.97 Å². The minimum Gasteiger partial charge on any atom is -0.451 e. The van der Waals surface area contributed by atoms with Crippen molar-refractivity contribution in [1.29, 1.82) is 0 Å². The van der Waals surface area contributed by atoms with Crippen LogP contribution in [0, 0.1) is 0 Å². The van der Waals surface area contributed by atoms with Crippen LogP contribution in [-0.2, 0) is 19.1 Å². The van der Waals surface area contributed by atoms with E-state index in [-0.39, 0.29) is 43.0 Å². The average Bonchev–Trinajstić information content (AvgIpc) is 2.60. The zero-order valence-corrected chi connectivity index (χ0v) is 13.6. The highest BCUT2D eigenvalue weighted by Gasteiger charge is 2.21. The number of nitrogens with zero attached hydrogens (tertiary/aromatic N) is 1. The normalized spacial score (nSPS) is 15.0. The van der Waals surface area contributed by atoms with Gasteiger partial charge < -0.3 is 10.1 Å². The molecule has 0 saturated heterocycles. The van der Waals surface area contributed by atoms with Crippen molar-refractivity contribution in [3.05, 3.63) is 35.9 Å². The number of nitrogens with one attached hydrogen (secondary N) is 2. The van der Waals surface area contributed by atoms with Gasteiger partial charge in [-0.05, 0) is 12.0 Å². The summed E-state index contributed by atoms with van der Waals surface area (Å²) in [5.74, 6) is -1.29. The number of hydrogen-bond donors (Lipinski definition) is 2. The highest BCUT2D eigenvalue weighted by molar-refractivity contribution is 6.37. The van der Waals surface area contributed by atoms with Crippen LogP contribution in [0.15, 0.2) is 35.4 Å². The van der Waals surface area contributed by atoms with Gasteiger partial charge in [0, 0.05) is 12.8 Å². The van der Waals surface area contributed by atoms with Crippen molar-refractivity contribution < 1.29 is 19.1 Å². The Labute approximate surface area is 140 Å². The number of carbonyl (C=O) groups excluding carboxylic acids is 3. The van der Waals surface area contributed by atoms with Gasteiger partial charge in [0.2, 0.25) is 5.91 Å². The van der Waals surface area contributed by atoms with Gasteiger partial charge in [0.15, 0.2) is 6.61 Å². The molecule has 1 aliphatic rings. The fraction of sp³-hybridized carbons (Fsp3) is 0.412. The van der Waals surface area contributed by atoms with E-state index in [1.807, 2.05) is 37.3 Å². The Morgan fingerprint density at radius 3 is 2.67 bits per heavy atom. The van der Waals surface area contributed by atoms with Crippen LogP contribution in [0.1, 0.15) is 44.2 Å². The second kappa shape index (κ2) is 8.81. The fourth-order valence-corrected chi connectivity index (χ4v) is 2.37. The summed E-state index contributed by atoms with van der Waals surface area (Å²) in [6.07, 6.45) is 2.11. The lowest BCUT2D eigenvalue weighted by atomic mass is 10.0. The van der Waals surface area contributed by atoms with Crippen LogP contribution >= 0.6 is 0 Å². The molecule has 0 aromatic heterocycles. The van der Waals surface area contributed by atoms with Crippen LogP contribution in [0.4, 0.5) is 0 Å². The Hall–Kier alpha value is -2.70. The molecule has 0 fully saturated rings. The van der Waals surface area contributed by atoms with E-state index in [0.29, 0.717) is 0 Å². The third-order valence-electron chi connectivity index (χ3n) is 3.59. The van der Waals surface area contributed by atoms with Crippen molar-refractivity contribution in [3.8, 4) is 0 Å². The molecule has 7 heteroatoms. The van der Waals surface area contributed by atoms with Crippen molar-refractivity contribution >= 4 is 23.5 Å². The number of ether oxygens (including phenoxy) is 1. The predicted molar refractivity (Wildman–Crippen MR) is 88.0 cm³/mol. The maximum Gasteiger partial charge on any atom is 0.355 e. The summed E-state index contributed by atoms with van der Waals surface area (Å²) in [6.45, 7) is 1.66. The molecule has 2 rings (SSSR count). The molecule has 1 aromatic rings. The van der Waals surface area contributed by atoms with Crippen LogP contribution in [0.25, 0.3) is 0 Å². The Morgan fingerprint density at radius 1 is 1.29 bits per heavy atom. The number of amides is 2. The van der Waals surface area contributed by atoms with Crippen molar-refractivity contribution in [2.75, 3.05) is 6.61 Å². The number of benzene rings is 1. The molecule has 2 N–H and O–H groups in total. The molecule has 2 amide bonds. The van der Waals surface area contributed by atoms with E-state index in [2.05, 4.69) is 15.8 Å². The van der Waals surface area contributed by atoms with Crippen LogP contribution in [0.5, 0.6) is 0 Å². The fourth-order valence-electron chi connectivity index (χ4n) is 2.37. The van der Waals surface area contributed by atoms with Crippen LogP contribution in [-0.4, -0.2) is 30.1 Å². The molecule has 128 valence electrons. The summed E-state index contributed by atoms with van der Waals surface area (Å²) < 4.78 is 4.96. The number of hydrogen-bond acceptors (Lipinski definition) is 5. The summed E-state index contributed by atoms with van der Waals surface area (Å²) >= 11 is 0. The van der Waals surface area contributed by atoms with E-state index in [1.54, 1.807) is 0 Å². The first-order valence-electron chi connectivity index (χ1n) is 7.97. The molecule has 1 heterocycles. The summed E-state index contributed by atoms with van der Waals surface area (Å²) in [7, 11) is 0. The molecule has 0 bridgehead atoms. The van der Waals surface area contributed by atoms with E-state index < -0.39 is 5.97 Å². The zero-order chi connectivity index (χ0) is 17.4. The number of hydrazone groups is 1. The van der Waals surface area contributed by atoms with Gasteiger partial charge in [-0.15, -0.1) is 0 Å². The maximum atomic E-state index is 12.0. The number of esters is 1. The second-order valence-electron chi connectivity index (χ2n) is 5.49. The smallest absolute Gasteiger partial charge is 0.355 e. The SMILES string of the molecule is CCC[C@H](NC(=O)COC(=O)C1=NNC(=O)CC1)c1ccccc1. The Kier molecular flexibility index (Phi) is 6.48. The zero-order valence-electron chi connectivity index (χ0n) is 13.6. The van der Waals surface area contributed by atoms with Gasteiger partial charge in [0.1, 0.15) is 5.71 Å². The van der Waals surface area contributed by atoms with Gasteiger partial charge in [-0.2, -0.15) is 5.10 Å². The number of carbonyl (C=O) groups is 3. The van der Waals surface area contributed by atoms with Gasteiger partial charge in [-0.1, -0.05) is 43.7 Å². The van der Waals surface area contributed by atoms with E-state index in [4.69, 9.17) is 4.74 Å². The van der Waals surface area contributed by atoms with Crippen molar-refractivity contribution in [2.45, 2.75) is 38.6 Å². The topological polar surface area (TPSA) is 96.9 Å². The lowest BCUT2D eigenvalue weighted by Crippen LogP contribution is -2.35. The molecule has 24 heavy (non-hydrogen) atoms. The molecule has 0 saturated carbocycles. The molecular formula is C17H21N3O4. The van der Waals surface area contributed by atoms with Crippen molar-refractivity contribution in [3.63, 3.8) is 0 Å². The highest BCUT2D eigenvalue weighted by atomic mass is 16.5. The van der Waals surface area contributed by atoms with E-state index in [9.17, 15) is 14.4 Å². The minimum absolute atomic E-state index is 0.117. The first-order valence-corrected chi connectivity index (χ1v) is 7.97. The Bertz CT molecular complexity index is 628. The lowest BCUT2D eigenvalue weighted by molar-refractivity contribution is -0.142. The molecular weight excluding hydrogens is 310 g/mol. The summed E-state index contributed by atoms with van der Waals surface area (Å²) in [5.41, 5.74) is 3.35. The third kappa shape index (κ3) is 5.19. The first kappa shape index (κ1) is 17.7. The maximum absolute atomic E-state index is 12.0. The molecule has 1 aromatic carbocycles. The molecule has 1 atom stereocenters. The molecule has 0 unspecified atom stereocenters. The quantitative estimate of drug-likeness (QED) is 0.739. The first-order chi connectivity index (χ1) is 11.6. The predicted octanol–water partition coefficient (Wildman–Crippen LogP) is 1.45. The van der Waals surface area contributed by atoms with Gasteiger partial charge in [0.25, 0.3) is 5.91 Å². The molecule has 1 aliphatic heterocycles. The second-order valence-corrected chi connectivity index (χ2v) is 5.49. The van der Waals surface area contributed by atoms with Crippen LogP contribution in [0.2, 0.25) is 0 Å². The standard InChI is InChI=1S/C17H21N3O4/c1-2-6-13(12-7-4-3-5-8-12)18-16(22)11-24-17(23)14-9-10-15(21)20-19-14/h3-5,7-8,13H,2,6,9-11H2,1H3,(H,18,22)(H,20,21)/t13-/m0/s1. The van der Waals surface area contributed by atoms with E-state index in [0.717, 1.165) is 18.4 Å². The lowest BCUT2D eigenvalue weighted by Gasteiger charge is -2.18. The van der Waals surface area contributed by atoms with Crippen molar-refractivity contribution in [2.24, 2.45) is 5.10 Å². The minimum atomic E-state index is -0.683. The van der Waals surface area contributed by atoms with E-state index in [1.165, 1.54) is 0 Å². The molecule has 0 aliphatic carbocycles. The van der Waals surface area contributed by atoms with E-state index >= 15 is 0 Å². The summed E-state index contributed by atoms with van der Waals surface area (Å²) in [4.78, 5) is 34.8. The number of rotatable bonds is 7. The Balaban J connectivity index is 1.85. The molecule has 7 nitrogen and oxygen atoms in total. The Morgan fingerprint density at radius 2 is 2.04 bits per heavy atom. The average molecular weight is 331 g/mol. The van der Waals surface area contributed by atoms with Gasteiger partial charge in [-0.25, -0.2) is 10.2 Å². The van der Waals surface area contributed by atoms with Crippen LogP contribution < -0.4 is 10.7 Å². The molecule has 0 spiro atoms.